The molecule has 2 aliphatic carbocycles. The average Bonchev–Trinajstić information content (AvgIpc) is 3.55. The number of nitrogens with zero attached hydrogens (tertiary/aromatic N) is 3. The highest BCUT2D eigenvalue weighted by molar-refractivity contribution is 5.83. The molecule has 1 N–H and O–H groups in total. The van der Waals surface area contributed by atoms with Crippen molar-refractivity contribution < 1.29 is 4.79 Å². The normalized spacial score (nSPS) is 22.0. The number of hydrogen-bond donors (Lipinski definition) is 1. The third-order valence-electron chi connectivity index (χ3n) is 6.18. The van der Waals surface area contributed by atoms with Gasteiger partial charge >= 0.3 is 0 Å². The van der Waals surface area contributed by atoms with Crippen LogP contribution in [0.1, 0.15) is 56.0 Å². The lowest BCUT2D eigenvalue weighted by Gasteiger charge is -2.26. The Morgan fingerprint density at radius 1 is 1.23 bits per heavy atom. The number of likely N-dealkylation sites (tertiary alicyclic amines) is 1. The predicted octanol–water partition coefficient (Wildman–Crippen LogP) is 3.17. The van der Waals surface area contributed by atoms with E-state index in [1.165, 1.54) is 44.0 Å². The van der Waals surface area contributed by atoms with Gasteiger partial charge in [0.2, 0.25) is 5.91 Å². The van der Waals surface area contributed by atoms with Gasteiger partial charge in [-0.15, -0.1) is 0 Å². The van der Waals surface area contributed by atoms with Crippen LogP contribution in [0.4, 0.5) is 0 Å². The SMILES string of the molecule is Cc1nc2cc(CNC(=O)C(C3CC3)N3CCCC3)ccc2n1C1CC1. The molecule has 1 unspecified atom stereocenters. The van der Waals surface area contributed by atoms with Crippen molar-refractivity contribution in [2.24, 2.45) is 5.92 Å². The summed E-state index contributed by atoms with van der Waals surface area (Å²) in [6, 6.07) is 7.20. The molecule has 2 heterocycles. The molecule has 3 aliphatic rings. The van der Waals surface area contributed by atoms with Crippen LogP contribution in [0, 0.1) is 12.8 Å². The maximum atomic E-state index is 12.8. The van der Waals surface area contributed by atoms with Crippen LogP contribution in [-0.2, 0) is 11.3 Å². The second-order valence-electron chi connectivity index (χ2n) is 8.33. The molecule has 1 aromatic heterocycles. The summed E-state index contributed by atoms with van der Waals surface area (Å²) in [5.74, 6) is 1.90. The number of hydrogen-bond acceptors (Lipinski definition) is 3. The number of aromatic nitrogens is 2. The second kappa shape index (κ2) is 6.38. The summed E-state index contributed by atoms with van der Waals surface area (Å²) in [5.41, 5.74) is 3.43. The minimum absolute atomic E-state index is 0.0950. The van der Waals surface area contributed by atoms with E-state index in [4.69, 9.17) is 4.98 Å². The molecule has 5 heteroatoms. The highest BCUT2D eigenvalue weighted by atomic mass is 16.2. The van der Waals surface area contributed by atoms with E-state index in [-0.39, 0.29) is 11.9 Å². The fourth-order valence-corrected chi connectivity index (χ4v) is 4.57. The van der Waals surface area contributed by atoms with Gasteiger partial charge < -0.3 is 9.88 Å². The van der Waals surface area contributed by atoms with Crippen molar-refractivity contribution >= 4 is 16.9 Å². The molecule has 1 aromatic carbocycles. The van der Waals surface area contributed by atoms with Crippen LogP contribution in [0.3, 0.4) is 0 Å². The molecule has 138 valence electrons. The third kappa shape index (κ3) is 3.02. The maximum Gasteiger partial charge on any atom is 0.237 e. The fourth-order valence-electron chi connectivity index (χ4n) is 4.57. The van der Waals surface area contributed by atoms with Crippen molar-refractivity contribution in [2.75, 3.05) is 13.1 Å². The van der Waals surface area contributed by atoms with Gasteiger partial charge in [-0.25, -0.2) is 4.98 Å². The molecule has 1 saturated heterocycles. The van der Waals surface area contributed by atoms with E-state index in [2.05, 4.69) is 39.9 Å². The molecule has 1 amide bonds. The monoisotopic (exact) mass is 352 g/mol. The topological polar surface area (TPSA) is 50.2 Å². The molecule has 0 radical (unpaired) electrons. The van der Waals surface area contributed by atoms with Gasteiger partial charge in [-0.1, -0.05) is 6.07 Å². The first-order chi connectivity index (χ1) is 12.7. The molecular formula is C21H28N4O. The van der Waals surface area contributed by atoms with Crippen molar-refractivity contribution in [3.05, 3.63) is 29.6 Å². The van der Waals surface area contributed by atoms with Crippen molar-refractivity contribution in [3.63, 3.8) is 0 Å². The lowest BCUT2D eigenvalue weighted by molar-refractivity contribution is -0.127. The summed E-state index contributed by atoms with van der Waals surface area (Å²) in [6.45, 7) is 4.86. The van der Waals surface area contributed by atoms with E-state index >= 15 is 0 Å². The Kier molecular flexibility index (Phi) is 4.00. The quantitative estimate of drug-likeness (QED) is 0.869. The highest BCUT2D eigenvalue weighted by Crippen LogP contribution is 2.39. The molecule has 2 saturated carbocycles. The Morgan fingerprint density at radius 2 is 2.00 bits per heavy atom. The van der Waals surface area contributed by atoms with E-state index in [0.29, 0.717) is 18.5 Å². The van der Waals surface area contributed by atoms with Gasteiger partial charge in [0.1, 0.15) is 5.82 Å². The van der Waals surface area contributed by atoms with Gasteiger partial charge in [0, 0.05) is 12.6 Å². The van der Waals surface area contributed by atoms with Crippen molar-refractivity contribution in [3.8, 4) is 0 Å². The predicted molar refractivity (Wildman–Crippen MR) is 102 cm³/mol. The number of rotatable bonds is 6. The summed E-state index contributed by atoms with van der Waals surface area (Å²) in [5, 5.41) is 3.20. The number of aryl methyl sites for hydroxylation is 1. The van der Waals surface area contributed by atoms with E-state index in [1.807, 2.05) is 0 Å². The molecular weight excluding hydrogens is 324 g/mol. The number of benzene rings is 1. The lowest BCUT2D eigenvalue weighted by Crippen LogP contribution is -2.46. The van der Waals surface area contributed by atoms with Gasteiger partial charge in [-0.3, -0.25) is 9.69 Å². The first kappa shape index (κ1) is 16.3. The zero-order chi connectivity index (χ0) is 17.7. The average molecular weight is 352 g/mol. The molecule has 2 aromatic rings. The molecule has 0 bridgehead atoms. The van der Waals surface area contributed by atoms with Gasteiger partial charge in [0.15, 0.2) is 0 Å². The summed E-state index contributed by atoms with van der Waals surface area (Å²) in [7, 11) is 0. The second-order valence-corrected chi connectivity index (χ2v) is 8.33. The minimum atomic E-state index is 0.0950. The molecule has 26 heavy (non-hydrogen) atoms. The van der Waals surface area contributed by atoms with Crippen molar-refractivity contribution in [1.82, 2.24) is 19.8 Å². The Morgan fingerprint density at radius 3 is 2.69 bits per heavy atom. The number of nitrogens with one attached hydrogen (secondary N) is 1. The molecule has 1 atom stereocenters. The maximum absolute atomic E-state index is 12.8. The Labute approximate surface area is 154 Å². The zero-order valence-corrected chi connectivity index (χ0v) is 15.6. The van der Waals surface area contributed by atoms with Gasteiger partial charge in [-0.05, 0) is 82.2 Å². The zero-order valence-electron chi connectivity index (χ0n) is 15.6. The number of imidazole rings is 1. The molecule has 5 nitrogen and oxygen atoms in total. The Bertz CT molecular complexity index is 828. The van der Waals surface area contributed by atoms with Crippen LogP contribution in [0.5, 0.6) is 0 Å². The number of carbonyl (C=O) groups is 1. The van der Waals surface area contributed by atoms with Crippen LogP contribution in [-0.4, -0.2) is 39.5 Å². The minimum Gasteiger partial charge on any atom is -0.351 e. The van der Waals surface area contributed by atoms with Crippen molar-refractivity contribution in [2.45, 2.75) is 64.1 Å². The number of carbonyl (C=O) groups excluding carboxylic acids is 1. The standard InChI is InChI=1S/C21H28N4O/c1-14-23-18-12-15(4-9-19(18)25(14)17-7-8-17)13-22-21(26)20(16-5-6-16)24-10-2-3-11-24/h4,9,12,16-17,20H,2-3,5-8,10-11,13H2,1H3,(H,22,26). The molecule has 0 spiro atoms. The van der Waals surface area contributed by atoms with E-state index in [0.717, 1.165) is 30.0 Å². The Balaban J connectivity index is 1.29. The first-order valence-corrected chi connectivity index (χ1v) is 10.2. The van der Waals surface area contributed by atoms with Crippen LogP contribution in [0.2, 0.25) is 0 Å². The summed E-state index contributed by atoms with van der Waals surface area (Å²) < 4.78 is 2.37. The van der Waals surface area contributed by atoms with Crippen LogP contribution in [0.15, 0.2) is 18.2 Å². The summed E-state index contributed by atoms with van der Waals surface area (Å²) >= 11 is 0. The highest BCUT2D eigenvalue weighted by Gasteiger charge is 2.40. The smallest absolute Gasteiger partial charge is 0.237 e. The van der Waals surface area contributed by atoms with Crippen LogP contribution in [0.25, 0.3) is 11.0 Å². The summed E-state index contributed by atoms with van der Waals surface area (Å²) in [6.07, 6.45) is 7.41. The van der Waals surface area contributed by atoms with Crippen LogP contribution < -0.4 is 5.32 Å². The van der Waals surface area contributed by atoms with Gasteiger partial charge in [-0.2, -0.15) is 0 Å². The van der Waals surface area contributed by atoms with Crippen LogP contribution >= 0.6 is 0 Å². The Hall–Kier alpha value is -1.88. The van der Waals surface area contributed by atoms with E-state index in [9.17, 15) is 4.79 Å². The molecule has 1 aliphatic heterocycles. The molecule has 5 rings (SSSR count). The van der Waals surface area contributed by atoms with Gasteiger partial charge in [0.05, 0.1) is 17.1 Å². The summed E-state index contributed by atoms with van der Waals surface area (Å²) in [4.78, 5) is 20.0. The fraction of sp³-hybridized carbons (Fsp3) is 0.619. The number of amides is 1. The largest absolute Gasteiger partial charge is 0.351 e. The van der Waals surface area contributed by atoms with Gasteiger partial charge in [0.25, 0.3) is 0 Å². The lowest BCUT2D eigenvalue weighted by atomic mass is 10.1. The number of fused-ring (bicyclic) bond motifs is 1. The van der Waals surface area contributed by atoms with E-state index < -0.39 is 0 Å². The van der Waals surface area contributed by atoms with Crippen molar-refractivity contribution in [1.29, 1.82) is 0 Å². The third-order valence-corrected chi connectivity index (χ3v) is 6.18. The first-order valence-electron chi connectivity index (χ1n) is 10.2. The van der Waals surface area contributed by atoms with E-state index in [1.54, 1.807) is 0 Å². The molecule has 3 fully saturated rings.